The molecule has 2 aromatic carbocycles. The SMILES string of the molecule is COC(=O)Cc1c(C)c2c3c(cc(C)n3C3(CCCC3)CN2C)c1-c1ccc(C)cc1. The standard InChI is InChI=1S/C27H32N2O2/c1-17-8-10-20(11-9-17)24-21(15-23(30)31-5)19(3)25-26-22(24)14-18(2)29(26)27(16-28(25)4)12-6-7-13-27/h8-11,14H,6-7,12-13,15-16H2,1-5H3. The summed E-state index contributed by atoms with van der Waals surface area (Å²) in [6.45, 7) is 7.58. The molecule has 1 aliphatic heterocycles. The fourth-order valence-corrected chi connectivity index (χ4v) is 6.31. The van der Waals surface area contributed by atoms with E-state index >= 15 is 0 Å². The van der Waals surface area contributed by atoms with Gasteiger partial charge in [0.05, 0.1) is 30.3 Å². The van der Waals surface area contributed by atoms with Crippen LogP contribution in [0.5, 0.6) is 0 Å². The lowest BCUT2D eigenvalue weighted by atomic mass is 9.86. The van der Waals surface area contributed by atoms with Gasteiger partial charge in [-0.15, -0.1) is 0 Å². The number of anilines is 1. The molecule has 2 aliphatic rings. The van der Waals surface area contributed by atoms with Gasteiger partial charge in [-0.3, -0.25) is 4.79 Å². The van der Waals surface area contributed by atoms with Gasteiger partial charge in [-0.05, 0) is 61.9 Å². The molecule has 0 atom stereocenters. The van der Waals surface area contributed by atoms with Gasteiger partial charge in [0.15, 0.2) is 0 Å². The third-order valence-corrected chi connectivity index (χ3v) is 7.60. The molecule has 0 bridgehead atoms. The Labute approximate surface area is 184 Å². The molecule has 0 saturated heterocycles. The van der Waals surface area contributed by atoms with Crippen LogP contribution < -0.4 is 4.90 Å². The van der Waals surface area contributed by atoms with Gasteiger partial charge in [0.25, 0.3) is 0 Å². The number of carbonyl (C=O) groups is 1. The van der Waals surface area contributed by atoms with E-state index in [9.17, 15) is 4.79 Å². The zero-order valence-corrected chi connectivity index (χ0v) is 19.3. The Balaban J connectivity index is 1.89. The summed E-state index contributed by atoms with van der Waals surface area (Å²) in [7, 11) is 3.70. The number of aryl methyl sites for hydroxylation is 2. The largest absolute Gasteiger partial charge is 0.469 e. The molecule has 1 fully saturated rings. The minimum absolute atomic E-state index is 0.189. The molecule has 1 aliphatic carbocycles. The summed E-state index contributed by atoms with van der Waals surface area (Å²) in [6, 6.07) is 11.1. The molecule has 1 spiro atoms. The number of methoxy groups -OCH3 is 1. The Morgan fingerprint density at radius 3 is 2.42 bits per heavy atom. The van der Waals surface area contributed by atoms with E-state index < -0.39 is 0 Å². The fourth-order valence-electron chi connectivity index (χ4n) is 6.31. The number of hydrogen-bond donors (Lipinski definition) is 0. The van der Waals surface area contributed by atoms with E-state index in [4.69, 9.17) is 4.74 Å². The Bertz CT molecular complexity index is 1180. The Morgan fingerprint density at radius 2 is 1.77 bits per heavy atom. The molecule has 0 N–H and O–H groups in total. The molecule has 5 rings (SSSR count). The van der Waals surface area contributed by atoms with Crippen molar-refractivity contribution in [2.24, 2.45) is 0 Å². The minimum atomic E-state index is -0.190. The Hall–Kier alpha value is -2.75. The molecule has 1 saturated carbocycles. The summed E-state index contributed by atoms with van der Waals surface area (Å²) < 4.78 is 7.74. The smallest absolute Gasteiger partial charge is 0.310 e. The van der Waals surface area contributed by atoms with E-state index in [2.05, 4.69) is 67.6 Å². The highest BCUT2D eigenvalue weighted by Gasteiger charge is 2.43. The van der Waals surface area contributed by atoms with E-state index in [0.717, 1.165) is 12.1 Å². The molecular weight excluding hydrogens is 384 g/mol. The molecule has 31 heavy (non-hydrogen) atoms. The molecule has 2 heterocycles. The van der Waals surface area contributed by atoms with Gasteiger partial charge in [0.1, 0.15) is 0 Å². The second kappa shape index (κ2) is 7.15. The van der Waals surface area contributed by atoms with Gasteiger partial charge in [-0.1, -0.05) is 42.7 Å². The molecular formula is C27H32N2O2. The third-order valence-electron chi connectivity index (χ3n) is 7.60. The number of ether oxygens (including phenoxy) is 1. The highest BCUT2D eigenvalue weighted by atomic mass is 16.5. The topological polar surface area (TPSA) is 34.5 Å². The van der Waals surface area contributed by atoms with E-state index in [0.29, 0.717) is 0 Å². The van der Waals surface area contributed by atoms with Crippen LogP contribution in [0.25, 0.3) is 22.0 Å². The van der Waals surface area contributed by atoms with E-state index in [1.165, 1.54) is 77.3 Å². The summed E-state index contributed by atoms with van der Waals surface area (Å²) in [5, 5.41) is 1.26. The van der Waals surface area contributed by atoms with Crippen molar-refractivity contribution in [3.63, 3.8) is 0 Å². The monoisotopic (exact) mass is 416 g/mol. The second-order valence-electron chi connectivity index (χ2n) is 9.62. The van der Waals surface area contributed by atoms with Gasteiger partial charge < -0.3 is 14.2 Å². The summed E-state index contributed by atoms with van der Waals surface area (Å²) >= 11 is 0. The van der Waals surface area contributed by atoms with Crippen LogP contribution in [0.4, 0.5) is 5.69 Å². The van der Waals surface area contributed by atoms with Crippen molar-refractivity contribution in [2.45, 2.75) is 58.4 Å². The van der Waals surface area contributed by atoms with Crippen LogP contribution >= 0.6 is 0 Å². The van der Waals surface area contributed by atoms with Crippen LogP contribution in [0.3, 0.4) is 0 Å². The predicted molar refractivity (Wildman–Crippen MR) is 127 cm³/mol. The predicted octanol–water partition coefficient (Wildman–Crippen LogP) is 5.67. The Morgan fingerprint density at radius 1 is 1.10 bits per heavy atom. The molecule has 1 aromatic heterocycles. The van der Waals surface area contributed by atoms with Gasteiger partial charge in [0.2, 0.25) is 0 Å². The normalized spacial score (nSPS) is 17.0. The Kier molecular flexibility index (Phi) is 4.65. The molecule has 0 unspecified atom stereocenters. The van der Waals surface area contributed by atoms with Crippen LogP contribution in [-0.4, -0.2) is 31.2 Å². The van der Waals surface area contributed by atoms with E-state index in [1.807, 2.05) is 0 Å². The lowest BCUT2D eigenvalue weighted by Crippen LogP contribution is -2.46. The van der Waals surface area contributed by atoms with Gasteiger partial charge in [0, 0.05) is 24.7 Å². The second-order valence-corrected chi connectivity index (χ2v) is 9.62. The summed E-state index contributed by atoms with van der Waals surface area (Å²) in [6.07, 6.45) is 5.37. The van der Waals surface area contributed by atoms with Crippen molar-refractivity contribution in [3.8, 4) is 11.1 Å². The fraction of sp³-hybridized carbons (Fsp3) is 0.444. The van der Waals surface area contributed by atoms with Gasteiger partial charge in [-0.2, -0.15) is 0 Å². The first-order valence-corrected chi connectivity index (χ1v) is 11.4. The number of likely N-dealkylation sites (N-methyl/N-ethyl adjacent to an activating group) is 1. The van der Waals surface area contributed by atoms with E-state index in [-0.39, 0.29) is 17.9 Å². The summed E-state index contributed by atoms with van der Waals surface area (Å²) in [4.78, 5) is 14.9. The molecule has 0 radical (unpaired) electrons. The minimum Gasteiger partial charge on any atom is -0.469 e. The summed E-state index contributed by atoms with van der Waals surface area (Å²) in [5.74, 6) is -0.190. The highest BCUT2D eigenvalue weighted by Crippen LogP contribution is 2.51. The van der Waals surface area contributed by atoms with Crippen molar-refractivity contribution >= 4 is 22.6 Å². The van der Waals surface area contributed by atoms with Crippen molar-refractivity contribution in [1.82, 2.24) is 4.57 Å². The maximum Gasteiger partial charge on any atom is 0.310 e. The number of esters is 1. The number of fused-ring (bicyclic) bond motifs is 1. The van der Waals surface area contributed by atoms with Gasteiger partial charge >= 0.3 is 5.97 Å². The number of nitrogens with zero attached hydrogens (tertiary/aromatic N) is 2. The maximum absolute atomic E-state index is 12.4. The number of rotatable bonds is 3. The van der Waals surface area contributed by atoms with Crippen LogP contribution in [-0.2, 0) is 21.5 Å². The van der Waals surface area contributed by atoms with Gasteiger partial charge in [-0.25, -0.2) is 0 Å². The number of aromatic nitrogens is 1. The van der Waals surface area contributed by atoms with E-state index in [1.54, 1.807) is 0 Å². The molecule has 0 amide bonds. The summed E-state index contributed by atoms with van der Waals surface area (Å²) in [5.41, 5.74) is 10.0. The molecule has 3 aromatic rings. The van der Waals surface area contributed by atoms with Crippen LogP contribution in [0, 0.1) is 20.8 Å². The average Bonchev–Trinajstić information content (AvgIpc) is 3.33. The molecule has 4 nitrogen and oxygen atoms in total. The first-order chi connectivity index (χ1) is 14.9. The molecule has 162 valence electrons. The van der Waals surface area contributed by atoms with Crippen molar-refractivity contribution < 1.29 is 9.53 Å². The zero-order chi connectivity index (χ0) is 21.9. The maximum atomic E-state index is 12.4. The van der Waals surface area contributed by atoms with Crippen LogP contribution in [0.2, 0.25) is 0 Å². The lowest BCUT2D eigenvalue weighted by molar-refractivity contribution is -0.139. The first-order valence-electron chi connectivity index (χ1n) is 11.4. The van der Waals surface area contributed by atoms with Crippen molar-refractivity contribution in [1.29, 1.82) is 0 Å². The average molecular weight is 417 g/mol. The lowest BCUT2D eigenvalue weighted by Gasteiger charge is -2.44. The number of carbonyl (C=O) groups excluding carboxylic acids is 1. The zero-order valence-electron chi connectivity index (χ0n) is 19.3. The number of hydrogen-bond acceptors (Lipinski definition) is 3. The first kappa shape index (κ1) is 20.2. The van der Waals surface area contributed by atoms with Crippen molar-refractivity contribution in [3.05, 3.63) is 52.7 Å². The van der Waals surface area contributed by atoms with Crippen molar-refractivity contribution in [2.75, 3.05) is 25.6 Å². The quantitative estimate of drug-likeness (QED) is 0.516. The van der Waals surface area contributed by atoms with Crippen LogP contribution in [0.1, 0.15) is 48.1 Å². The van der Waals surface area contributed by atoms with Crippen LogP contribution in [0.15, 0.2) is 30.3 Å². The third kappa shape index (κ3) is 2.91. The highest BCUT2D eigenvalue weighted by molar-refractivity contribution is 6.07. The number of benzene rings is 2. The molecule has 4 heteroatoms.